The molecule has 0 N–H and O–H groups in total. The zero-order valence-electron chi connectivity index (χ0n) is 17.7. The second-order valence-electron chi connectivity index (χ2n) is 6.23. The van der Waals surface area contributed by atoms with Gasteiger partial charge in [-0.15, -0.1) is 0 Å². The third-order valence-electron chi connectivity index (χ3n) is 4.17. The third-order valence-corrected chi connectivity index (χ3v) is 4.17. The van der Waals surface area contributed by atoms with E-state index in [9.17, 15) is 0 Å². The van der Waals surface area contributed by atoms with Crippen molar-refractivity contribution in [1.82, 2.24) is 0 Å². The molecule has 1 heterocycles. The van der Waals surface area contributed by atoms with Crippen LogP contribution in [0.15, 0.2) is 107 Å². The lowest BCUT2D eigenvalue weighted by molar-refractivity contribution is 0.597. The molecule has 0 saturated carbocycles. The van der Waals surface area contributed by atoms with Gasteiger partial charge in [0, 0.05) is 17.3 Å². The molecule has 0 aliphatic rings. The maximum Gasteiger partial charge on any atom is 0.134 e. The Morgan fingerprint density at radius 3 is 1.93 bits per heavy atom. The van der Waals surface area contributed by atoms with Crippen LogP contribution in [0.1, 0.15) is 31.9 Å². The van der Waals surface area contributed by atoms with Crippen LogP contribution in [0.5, 0.6) is 0 Å². The molecule has 2 heteroatoms. The topological polar surface area (TPSA) is 25.5 Å². The van der Waals surface area contributed by atoms with E-state index in [0.29, 0.717) is 0 Å². The summed E-state index contributed by atoms with van der Waals surface area (Å²) in [5.41, 5.74) is 5.21. The molecule has 0 aliphatic heterocycles. The van der Waals surface area contributed by atoms with Gasteiger partial charge < -0.3 is 4.42 Å². The standard InChI is InChI=1S/C25H23NO.C2H6/c1-4-6-7-23(5-2)26-18-20-10-14-22(15-11-20)25-17-16-24(27-25)21-12-8-19(3)9-13-21;1-2/h4-18H,2H2,1,3H3;1-2H3/b6-4-,23-7+,26-18?;. The van der Waals surface area contributed by atoms with Gasteiger partial charge in [-0.25, -0.2) is 0 Å². The number of furan rings is 1. The van der Waals surface area contributed by atoms with Gasteiger partial charge in [0.15, 0.2) is 0 Å². The smallest absolute Gasteiger partial charge is 0.134 e. The quantitative estimate of drug-likeness (QED) is 0.312. The van der Waals surface area contributed by atoms with Crippen molar-refractivity contribution in [3.8, 4) is 22.6 Å². The van der Waals surface area contributed by atoms with Gasteiger partial charge >= 0.3 is 0 Å². The molecule has 0 bridgehead atoms. The van der Waals surface area contributed by atoms with Gasteiger partial charge in [0.25, 0.3) is 0 Å². The lowest BCUT2D eigenvalue weighted by Crippen LogP contribution is -1.82. The molecule has 29 heavy (non-hydrogen) atoms. The minimum atomic E-state index is 0.825. The first kappa shape index (κ1) is 21.9. The van der Waals surface area contributed by atoms with Crippen LogP contribution in [0.2, 0.25) is 0 Å². The van der Waals surface area contributed by atoms with Gasteiger partial charge in [0.2, 0.25) is 0 Å². The summed E-state index contributed by atoms with van der Waals surface area (Å²) >= 11 is 0. The summed E-state index contributed by atoms with van der Waals surface area (Å²) in [6.45, 7) is 11.8. The molecule has 1 aromatic heterocycles. The normalized spacial score (nSPS) is 11.5. The summed E-state index contributed by atoms with van der Waals surface area (Å²) in [7, 11) is 0. The van der Waals surface area contributed by atoms with Crippen LogP contribution < -0.4 is 0 Å². The van der Waals surface area contributed by atoms with Crippen LogP contribution in [0.25, 0.3) is 22.6 Å². The van der Waals surface area contributed by atoms with Crippen molar-refractivity contribution < 1.29 is 4.42 Å². The van der Waals surface area contributed by atoms with Crippen molar-refractivity contribution in [3.63, 3.8) is 0 Å². The molecule has 0 spiro atoms. The van der Waals surface area contributed by atoms with Crippen molar-refractivity contribution in [2.45, 2.75) is 27.7 Å². The number of rotatable bonds is 6. The number of allylic oxidation sites excluding steroid dienone is 4. The molecule has 2 nitrogen and oxygen atoms in total. The minimum Gasteiger partial charge on any atom is -0.456 e. The predicted molar refractivity (Wildman–Crippen MR) is 126 cm³/mol. The number of hydrogen-bond donors (Lipinski definition) is 0. The van der Waals surface area contributed by atoms with E-state index in [2.05, 4.69) is 42.8 Å². The number of hydrogen-bond acceptors (Lipinski definition) is 2. The lowest BCUT2D eigenvalue weighted by atomic mass is 10.1. The maximum atomic E-state index is 6.03. The molecule has 0 radical (unpaired) electrons. The fourth-order valence-electron chi connectivity index (χ4n) is 2.61. The van der Waals surface area contributed by atoms with Crippen LogP contribution in [-0.4, -0.2) is 6.21 Å². The highest BCUT2D eigenvalue weighted by molar-refractivity contribution is 5.81. The average molecular weight is 384 g/mol. The summed E-state index contributed by atoms with van der Waals surface area (Å²) < 4.78 is 6.03. The highest BCUT2D eigenvalue weighted by Gasteiger charge is 2.06. The monoisotopic (exact) mass is 383 g/mol. The maximum absolute atomic E-state index is 6.03. The molecule has 0 unspecified atom stereocenters. The molecular weight excluding hydrogens is 354 g/mol. The molecule has 0 fully saturated rings. The van der Waals surface area contributed by atoms with E-state index in [1.807, 2.05) is 81.6 Å². The van der Waals surface area contributed by atoms with Crippen LogP contribution in [0.3, 0.4) is 0 Å². The molecule has 148 valence electrons. The highest BCUT2D eigenvalue weighted by Crippen LogP contribution is 2.28. The molecule has 0 amide bonds. The SMILES string of the molecule is C=C/C(=C\C=C/C)N=Cc1ccc(-c2ccc(-c3ccc(C)cc3)o2)cc1.CC. The molecule has 2 aromatic carbocycles. The van der Waals surface area contributed by atoms with Gasteiger partial charge in [0.1, 0.15) is 11.5 Å². The van der Waals surface area contributed by atoms with E-state index in [1.165, 1.54) is 5.56 Å². The summed E-state index contributed by atoms with van der Waals surface area (Å²) in [4.78, 5) is 4.45. The number of aryl methyl sites for hydroxylation is 1. The predicted octanol–water partition coefficient (Wildman–Crippen LogP) is 8.01. The van der Waals surface area contributed by atoms with Gasteiger partial charge in [0.05, 0.1) is 5.70 Å². The number of nitrogens with zero attached hydrogens (tertiary/aromatic N) is 1. The molecule has 3 aromatic rings. The number of aliphatic imine (C=N–C) groups is 1. The Morgan fingerprint density at radius 2 is 1.41 bits per heavy atom. The zero-order valence-corrected chi connectivity index (χ0v) is 17.7. The summed E-state index contributed by atoms with van der Waals surface area (Å²) in [5.74, 6) is 1.73. The summed E-state index contributed by atoms with van der Waals surface area (Å²) in [6.07, 6.45) is 9.40. The van der Waals surface area contributed by atoms with Crippen LogP contribution >= 0.6 is 0 Å². The van der Waals surface area contributed by atoms with Crippen molar-refractivity contribution >= 4 is 6.21 Å². The molecule has 0 aliphatic carbocycles. The Bertz CT molecular complexity index is 984. The van der Waals surface area contributed by atoms with E-state index < -0.39 is 0 Å². The second kappa shape index (κ2) is 11.5. The first-order valence-corrected chi connectivity index (χ1v) is 9.96. The zero-order chi connectivity index (χ0) is 21.1. The van der Waals surface area contributed by atoms with Crippen LogP contribution in [0.4, 0.5) is 0 Å². The van der Waals surface area contributed by atoms with Crippen LogP contribution in [-0.2, 0) is 0 Å². The number of benzene rings is 2. The van der Waals surface area contributed by atoms with E-state index in [4.69, 9.17) is 4.42 Å². The van der Waals surface area contributed by atoms with Crippen molar-refractivity contribution in [3.05, 3.63) is 108 Å². The van der Waals surface area contributed by atoms with Crippen molar-refractivity contribution in [2.75, 3.05) is 0 Å². The molecule has 0 saturated heterocycles. The molecular formula is C27H29NO. The van der Waals surface area contributed by atoms with Crippen LogP contribution in [0, 0.1) is 6.92 Å². The fraction of sp³-hybridized carbons (Fsp3) is 0.148. The Hall–Kier alpha value is -3.39. The van der Waals surface area contributed by atoms with E-state index >= 15 is 0 Å². The molecule has 3 rings (SSSR count). The van der Waals surface area contributed by atoms with Gasteiger partial charge in [-0.3, -0.25) is 4.99 Å². The van der Waals surface area contributed by atoms with E-state index in [1.54, 1.807) is 6.08 Å². The van der Waals surface area contributed by atoms with Crippen molar-refractivity contribution in [2.24, 2.45) is 4.99 Å². The Labute approximate surface area is 174 Å². The van der Waals surface area contributed by atoms with Gasteiger partial charge in [-0.1, -0.05) is 86.7 Å². The minimum absolute atomic E-state index is 0.825. The highest BCUT2D eigenvalue weighted by atomic mass is 16.3. The summed E-state index contributed by atoms with van der Waals surface area (Å²) in [5, 5.41) is 0. The first-order valence-electron chi connectivity index (χ1n) is 9.96. The molecule has 0 atom stereocenters. The van der Waals surface area contributed by atoms with Gasteiger partial charge in [-0.05, 0) is 43.7 Å². The summed E-state index contributed by atoms with van der Waals surface area (Å²) in [6, 6.07) is 20.5. The Kier molecular flexibility index (Phi) is 8.65. The second-order valence-corrected chi connectivity index (χ2v) is 6.23. The van der Waals surface area contributed by atoms with Gasteiger partial charge in [-0.2, -0.15) is 0 Å². The third kappa shape index (κ3) is 6.32. The first-order chi connectivity index (χ1) is 14.2. The van der Waals surface area contributed by atoms with Crippen molar-refractivity contribution in [1.29, 1.82) is 0 Å². The Balaban J connectivity index is 0.00000145. The fourth-order valence-corrected chi connectivity index (χ4v) is 2.61. The largest absolute Gasteiger partial charge is 0.456 e. The average Bonchev–Trinajstić information content (AvgIpc) is 3.26. The lowest BCUT2D eigenvalue weighted by Gasteiger charge is -2.00. The Morgan fingerprint density at radius 1 is 0.862 bits per heavy atom. The van der Waals surface area contributed by atoms with E-state index in [-0.39, 0.29) is 0 Å². The van der Waals surface area contributed by atoms with E-state index in [0.717, 1.165) is 33.9 Å².